The van der Waals surface area contributed by atoms with Gasteiger partial charge in [0.15, 0.2) is 0 Å². The predicted octanol–water partition coefficient (Wildman–Crippen LogP) is 3.56. The molecule has 0 saturated heterocycles. The Labute approximate surface area is 134 Å². The van der Waals surface area contributed by atoms with Crippen molar-refractivity contribution in [3.05, 3.63) is 47.2 Å². The Balaban J connectivity index is 2.16. The number of rotatable bonds is 4. The highest BCUT2D eigenvalue weighted by molar-refractivity contribution is 6.31. The van der Waals surface area contributed by atoms with Gasteiger partial charge in [0, 0.05) is 19.3 Å². The van der Waals surface area contributed by atoms with E-state index in [2.05, 4.69) is 9.97 Å². The molecule has 2 heterocycles. The average Bonchev–Trinajstić information content (AvgIpc) is 2.47. The van der Waals surface area contributed by atoms with Gasteiger partial charge in [0.1, 0.15) is 17.3 Å². The van der Waals surface area contributed by atoms with Crippen molar-refractivity contribution in [1.29, 1.82) is 0 Å². The lowest BCUT2D eigenvalue weighted by Crippen LogP contribution is -2.36. The summed E-state index contributed by atoms with van der Waals surface area (Å²) in [7, 11) is 1.04. The molecule has 0 fully saturated rings. The first-order valence-electron chi connectivity index (χ1n) is 6.34. The first-order valence-corrected chi connectivity index (χ1v) is 6.72. The van der Waals surface area contributed by atoms with Crippen molar-refractivity contribution < 1.29 is 22.7 Å². The Hall–Kier alpha value is -2.35. The quantitative estimate of drug-likeness (QED) is 0.850. The van der Waals surface area contributed by atoms with Crippen LogP contribution in [0.15, 0.2) is 36.5 Å². The van der Waals surface area contributed by atoms with E-state index >= 15 is 0 Å². The summed E-state index contributed by atoms with van der Waals surface area (Å²) in [6, 6.07) is 7.33. The second-order valence-electron chi connectivity index (χ2n) is 4.53. The minimum atomic E-state index is -4.49. The SMILES string of the molecule is CN(CC(F)(F)F)C(=O)c1cccc(Oc2ncccc2Cl)n1. The first kappa shape index (κ1) is 17.0. The van der Waals surface area contributed by atoms with Crippen molar-refractivity contribution in [1.82, 2.24) is 14.9 Å². The molecule has 2 rings (SSSR count). The van der Waals surface area contributed by atoms with E-state index in [1.165, 1.54) is 24.4 Å². The number of nitrogens with zero attached hydrogens (tertiary/aromatic N) is 3. The highest BCUT2D eigenvalue weighted by atomic mass is 35.5. The largest absolute Gasteiger partial charge is 0.419 e. The van der Waals surface area contributed by atoms with Gasteiger partial charge in [-0.3, -0.25) is 4.79 Å². The second kappa shape index (κ2) is 6.82. The average molecular weight is 346 g/mol. The number of hydrogen-bond acceptors (Lipinski definition) is 4. The minimum Gasteiger partial charge on any atom is -0.419 e. The van der Waals surface area contributed by atoms with Gasteiger partial charge in [-0.2, -0.15) is 13.2 Å². The van der Waals surface area contributed by atoms with Crippen LogP contribution in [0, 0.1) is 0 Å². The second-order valence-corrected chi connectivity index (χ2v) is 4.94. The standard InChI is InChI=1S/C14H11ClF3N3O2/c1-21(8-14(16,17)18)13(22)10-5-2-6-11(20-10)23-12-9(15)4-3-7-19-12/h2-7H,8H2,1H3. The van der Waals surface area contributed by atoms with Gasteiger partial charge in [-0.05, 0) is 18.2 Å². The van der Waals surface area contributed by atoms with Crippen LogP contribution in [0.4, 0.5) is 13.2 Å². The third-order valence-electron chi connectivity index (χ3n) is 2.63. The number of halogens is 4. The number of amides is 1. The van der Waals surface area contributed by atoms with Crippen molar-refractivity contribution in [3.63, 3.8) is 0 Å². The fourth-order valence-electron chi connectivity index (χ4n) is 1.67. The number of carbonyl (C=O) groups excluding carboxylic acids is 1. The van der Waals surface area contributed by atoms with Crippen LogP contribution in [0.25, 0.3) is 0 Å². The molecule has 2 aromatic rings. The van der Waals surface area contributed by atoms with E-state index in [0.717, 1.165) is 7.05 Å². The lowest BCUT2D eigenvalue weighted by Gasteiger charge is -2.18. The van der Waals surface area contributed by atoms with Gasteiger partial charge in [0.2, 0.25) is 11.8 Å². The summed E-state index contributed by atoms with van der Waals surface area (Å²) in [6.07, 6.45) is -3.03. The van der Waals surface area contributed by atoms with Gasteiger partial charge < -0.3 is 9.64 Å². The van der Waals surface area contributed by atoms with Crippen molar-refractivity contribution in [2.24, 2.45) is 0 Å². The molecule has 0 aromatic carbocycles. The van der Waals surface area contributed by atoms with Gasteiger partial charge in [-0.25, -0.2) is 9.97 Å². The number of carbonyl (C=O) groups is 1. The van der Waals surface area contributed by atoms with E-state index in [9.17, 15) is 18.0 Å². The number of hydrogen-bond donors (Lipinski definition) is 0. The van der Waals surface area contributed by atoms with Crippen molar-refractivity contribution in [2.45, 2.75) is 6.18 Å². The minimum absolute atomic E-state index is 0.00291. The summed E-state index contributed by atoms with van der Waals surface area (Å²) in [4.78, 5) is 20.3. The molecule has 0 spiro atoms. The van der Waals surface area contributed by atoms with E-state index in [4.69, 9.17) is 16.3 Å². The molecule has 0 aliphatic heterocycles. The topological polar surface area (TPSA) is 55.3 Å². The van der Waals surface area contributed by atoms with E-state index in [1.54, 1.807) is 12.1 Å². The number of alkyl halides is 3. The summed E-state index contributed by atoms with van der Waals surface area (Å²) in [6.45, 7) is -1.37. The van der Waals surface area contributed by atoms with E-state index in [0.29, 0.717) is 4.90 Å². The molecule has 0 unspecified atom stereocenters. The van der Waals surface area contributed by atoms with E-state index in [1.807, 2.05) is 0 Å². The zero-order valence-corrected chi connectivity index (χ0v) is 12.6. The third kappa shape index (κ3) is 4.82. The molecule has 0 atom stereocenters. The number of pyridine rings is 2. The van der Waals surface area contributed by atoms with Gasteiger partial charge in [0.05, 0.1) is 0 Å². The Morgan fingerprint density at radius 2 is 2.04 bits per heavy atom. The molecule has 0 bridgehead atoms. The molecular formula is C14H11ClF3N3O2. The molecule has 122 valence electrons. The van der Waals surface area contributed by atoms with Gasteiger partial charge in [-0.15, -0.1) is 0 Å². The molecule has 0 radical (unpaired) electrons. The molecule has 5 nitrogen and oxygen atoms in total. The Kier molecular flexibility index (Phi) is 5.05. The summed E-state index contributed by atoms with van der Waals surface area (Å²) >= 11 is 5.88. The van der Waals surface area contributed by atoms with Gasteiger partial charge in [0.25, 0.3) is 5.91 Å². The number of aromatic nitrogens is 2. The normalized spacial score (nSPS) is 11.2. The summed E-state index contributed by atoms with van der Waals surface area (Å²) in [5.74, 6) is -0.799. The smallest absolute Gasteiger partial charge is 0.406 e. The van der Waals surface area contributed by atoms with Crippen LogP contribution in [0.1, 0.15) is 10.5 Å². The van der Waals surface area contributed by atoms with Crippen LogP contribution in [0.5, 0.6) is 11.8 Å². The van der Waals surface area contributed by atoms with Crippen LogP contribution in [0.2, 0.25) is 5.02 Å². The van der Waals surface area contributed by atoms with Crippen LogP contribution in [-0.2, 0) is 0 Å². The van der Waals surface area contributed by atoms with Crippen molar-refractivity contribution in [2.75, 3.05) is 13.6 Å². The van der Waals surface area contributed by atoms with E-state index < -0.39 is 18.6 Å². The Morgan fingerprint density at radius 1 is 1.30 bits per heavy atom. The lowest BCUT2D eigenvalue weighted by atomic mass is 10.3. The molecule has 0 aliphatic rings. The van der Waals surface area contributed by atoms with Crippen LogP contribution in [-0.4, -0.2) is 40.5 Å². The maximum Gasteiger partial charge on any atom is 0.406 e. The maximum absolute atomic E-state index is 12.3. The summed E-state index contributed by atoms with van der Waals surface area (Å²) < 4.78 is 42.3. The highest BCUT2D eigenvalue weighted by Crippen LogP contribution is 2.25. The molecular weight excluding hydrogens is 335 g/mol. The monoisotopic (exact) mass is 345 g/mol. The maximum atomic E-state index is 12.3. The zero-order valence-electron chi connectivity index (χ0n) is 11.8. The summed E-state index contributed by atoms with van der Waals surface area (Å²) in [5, 5.41) is 0.236. The Morgan fingerprint density at radius 3 is 2.70 bits per heavy atom. The summed E-state index contributed by atoms with van der Waals surface area (Å²) in [5.41, 5.74) is -0.179. The number of ether oxygens (including phenoxy) is 1. The molecule has 0 saturated carbocycles. The van der Waals surface area contributed by atoms with Gasteiger partial charge in [-0.1, -0.05) is 17.7 Å². The highest BCUT2D eigenvalue weighted by Gasteiger charge is 2.31. The fourth-order valence-corrected chi connectivity index (χ4v) is 1.83. The van der Waals surface area contributed by atoms with Crippen LogP contribution >= 0.6 is 11.6 Å². The predicted molar refractivity (Wildman–Crippen MR) is 76.6 cm³/mol. The molecule has 1 amide bonds. The molecule has 0 aliphatic carbocycles. The fraction of sp³-hybridized carbons (Fsp3) is 0.214. The van der Waals surface area contributed by atoms with E-state index in [-0.39, 0.29) is 22.5 Å². The molecule has 9 heteroatoms. The first-order chi connectivity index (χ1) is 10.8. The van der Waals surface area contributed by atoms with Crippen molar-refractivity contribution >= 4 is 17.5 Å². The molecule has 23 heavy (non-hydrogen) atoms. The van der Waals surface area contributed by atoms with Crippen molar-refractivity contribution in [3.8, 4) is 11.8 Å². The third-order valence-corrected chi connectivity index (χ3v) is 2.92. The lowest BCUT2D eigenvalue weighted by molar-refractivity contribution is -0.138. The van der Waals surface area contributed by atoms with Crippen LogP contribution < -0.4 is 4.74 Å². The van der Waals surface area contributed by atoms with Crippen LogP contribution in [0.3, 0.4) is 0 Å². The zero-order chi connectivity index (χ0) is 17.0. The molecule has 2 aromatic heterocycles. The van der Waals surface area contributed by atoms with Gasteiger partial charge >= 0.3 is 6.18 Å². The Bertz CT molecular complexity index is 710. The molecule has 0 N–H and O–H groups in total.